The summed E-state index contributed by atoms with van der Waals surface area (Å²) in [4.78, 5) is 38.9. The zero-order valence-corrected chi connectivity index (χ0v) is 17.0. The normalized spacial score (nSPS) is 15.6. The highest BCUT2D eigenvalue weighted by molar-refractivity contribution is 9.10. The lowest BCUT2D eigenvalue weighted by Gasteiger charge is -2.11. The fraction of sp³-hybridized carbons (Fsp3) is 0.0455. The molecule has 6 heteroatoms. The number of benzene rings is 3. The van der Waals surface area contributed by atoms with Gasteiger partial charge in [-0.1, -0.05) is 70.5 Å². The van der Waals surface area contributed by atoms with Crippen LogP contribution >= 0.6 is 27.7 Å². The van der Waals surface area contributed by atoms with Gasteiger partial charge >= 0.3 is 0 Å². The summed E-state index contributed by atoms with van der Waals surface area (Å²) in [6.07, 6.45) is 1.72. The molecule has 138 valence electrons. The van der Waals surface area contributed by atoms with Crippen LogP contribution in [0.3, 0.4) is 0 Å². The third kappa shape index (κ3) is 3.66. The van der Waals surface area contributed by atoms with Crippen molar-refractivity contribution < 1.29 is 14.4 Å². The lowest BCUT2D eigenvalue weighted by molar-refractivity contribution is -0.122. The number of hydrogen-bond donors (Lipinski definition) is 0. The van der Waals surface area contributed by atoms with Gasteiger partial charge in [0.15, 0.2) is 5.78 Å². The predicted octanol–water partition coefficient (Wildman–Crippen LogP) is 5.52. The topological polar surface area (TPSA) is 54.5 Å². The van der Waals surface area contributed by atoms with Crippen LogP contribution in [0.1, 0.15) is 15.9 Å². The van der Waals surface area contributed by atoms with E-state index in [4.69, 9.17) is 0 Å². The SMILES string of the molecule is O=C(CN1C(=O)S/C(=C\c2cccc3ccccc23)C1=O)c1ccc(Br)cc1. The Balaban J connectivity index is 1.59. The molecule has 1 aliphatic rings. The fourth-order valence-electron chi connectivity index (χ4n) is 3.02. The molecule has 28 heavy (non-hydrogen) atoms. The molecule has 1 saturated heterocycles. The monoisotopic (exact) mass is 451 g/mol. The van der Waals surface area contributed by atoms with Crippen molar-refractivity contribution >= 4 is 61.5 Å². The standard InChI is InChI=1S/C22H14BrNO3S/c23-17-10-8-15(9-11-17)19(25)13-24-21(26)20(28-22(24)27)12-16-6-3-5-14-4-1-2-7-18(14)16/h1-12H,13H2/b20-12-. The van der Waals surface area contributed by atoms with Crippen molar-refractivity contribution in [3.63, 3.8) is 0 Å². The van der Waals surface area contributed by atoms with Crippen LogP contribution in [0, 0.1) is 0 Å². The summed E-state index contributed by atoms with van der Waals surface area (Å²) in [5.41, 5.74) is 1.32. The van der Waals surface area contributed by atoms with Crippen LogP contribution in [0.5, 0.6) is 0 Å². The Bertz CT molecular complexity index is 1130. The molecule has 0 aromatic heterocycles. The molecule has 2 amide bonds. The summed E-state index contributed by atoms with van der Waals surface area (Å²) in [5, 5.41) is 1.63. The Morgan fingerprint density at radius 2 is 1.68 bits per heavy atom. The molecule has 3 aromatic rings. The summed E-state index contributed by atoms with van der Waals surface area (Å²) in [6, 6.07) is 20.5. The summed E-state index contributed by atoms with van der Waals surface area (Å²) in [5.74, 6) is -0.713. The second-order valence-electron chi connectivity index (χ2n) is 6.27. The molecule has 0 N–H and O–H groups in total. The minimum absolute atomic E-state index is 0.265. The van der Waals surface area contributed by atoms with Crippen LogP contribution in [-0.2, 0) is 4.79 Å². The highest BCUT2D eigenvalue weighted by atomic mass is 79.9. The number of carbonyl (C=O) groups is 3. The van der Waals surface area contributed by atoms with Crippen molar-refractivity contribution in [2.45, 2.75) is 0 Å². The van der Waals surface area contributed by atoms with Crippen molar-refractivity contribution in [1.82, 2.24) is 4.90 Å². The molecule has 0 aliphatic carbocycles. The first-order valence-corrected chi connectivity index (χ1v) is 10.2. The predicted molar refractivity (Wildman–Crippen MR) is 115 cm³/mol. The second kappa shape index (κ2) is 7.73. The number of hydrogen-bond acceptors (Lipinski definition) is 4. The van der Waals surface area contributed by atoms with Crippen LogP contribution in [0.25, 0.3) is 16.8 Å². The Morgan fingerprint density at radius 3 is 2.46 bits per heavy atom. The van der Waals surface area contributed by atoms with Gasteiger partial charge in [0, 0.05) is 10.0 Å². The molecule has 1 fully saturated rings. The third-order valence-electron chi connectivity index (χ3n) is 4.45. The van der Waals surface area contributed by atoms with Gasteiger partial charge < -0.3 is 0 Å². The first kappa shape index (κ1) is 18.7. The Labute approximate surface area is 174 Å². The first-order valence-electron chi connectivity index (χ1n) is 8.55. The lowest BCUT2D eigenvalue weighted by Crippen LogP contribution is -2.33. The van der Waals surface area contributed by atoms with Gasteiger partial charge in [0.25, 0.3) is 11.1 Å². The van der Waals surface area contributed by atoms with Gasteiger partial charge in [0.1, 0.15) is 0 Å². The van der Waals surface area contributed by atoms with Crippen LogP contribution in [0.15, 0.2) is 76.1 Å². The van der Waals surface area contributed by atoms with E-state index in [2.05, 4.69) is 15.9 Å². The van der Waals surface area contributed by atoms with E-state index in [1.54, 1.807) is 30.3 Å². The van der Waals surface area contributed by atoms with Crippen LogP contribution < -0.4 is 0 Å². The largest absolute Gasteiger partial charge is 0.293 e. The zero-order chi connectivity index (χ0) is 19.7. The van der Waals surface area contributed by atoms with Crippen molar-refractivity contribution in [2.75, 3.05) is 6.54 Å². The number of amides is 2. The van der Waals surface area contributed by atoms with E-state index in [0.29, 0.717) is 10.5 Å². The van der Waals surface area contributed by atoms with Gasteiger partial charge in [-0.25, -0.2) is 0 Å². The maximum absolute atomic E-state index is 12.7. The highest BCUT2D eigenvalue weighted by Gasteiger charge is 2.36. The van der Waals surface area contributed by atoms with E-state index in [-0.39, 0.29) is 12.3 Å². The Hall–Kier alpha value is -2.70. The number of fused-ring (bicyclic) bond motifs is 1. The molecule has 0 saturated carbocycles. The highest BCUT2D eigenvalue weighted by Crippen LogP contribution is 2.33. The second-order valence-corrected chi connectivity index (χ2v) is 8.18. The molecule has 1 heterocycles. The quantitative estimate of drug-likeness (QED) is 0.386. The van der Waals surface area contributed by atoms with E-state index < -0.39 is 11.1 Å². The number of thioether (sulfide) groups is 1. The van der Waals surface area contributed by atoms with Gasteiger partial charge in [-0.2, -0.15) is 0 Å². The van der Waals surface area contributed by atoms with E-state index in [0.717, 1.165) is 37.5 Å². The van der Waals surface area contributed by atoms with Gasteiger partial charge in [0.2, 0.25) is 0 Å². The Kier molecular flexibility index (Phi) is 5.15. The van der Waals surface area contributed by atoms with Gasteiger partial charge in [0.05, 0.1) is 11.4 Å². The van der Waals surface area contributed by atoms with E-state index in [9.17, 15) is 14.4 Å². The van der Waals surface area contributed by atoms with Gasteiger partial charge in [-0.05, 0) is 46.3 Å². The van der Waals surface area contributed by atoms with Crippen molar-refractivity contribution in [3.8, 4) is 0 Å². The summed E-state index contributed by atoms with van der Waals surface area (Å²) < 4.78 is 0.855. The summed E-state index contributed by atoms with van der Waals surface area (Å²) >= 11 is 4.18. The minimum Gasteiger partial charge on any atom is -0.292 e. The van der Waals surface area contributed by atoms with Crippen molar-refractivity contribution in [3.05, 3.63) is 87.2 Å². The number of nitrogens with zero attached hydrogens (tertiary/aromatic N) is 1. The Morgan fingerprint density at radius 1 is 0.964 bits per heavy atom. The molecule has 0 unspecified atom stereocenters. The van der Waals surface area contributed by atoms with Crippen LogP contribution in [-0.4, -0.2) is 28.4 Å². The molecule has 0 bridgehead atoms. The average molecular weight is 452 g/mol. The summed E-state index contributed by atoms with van der Waals surface area (Å²) in [6.45, 7) is -0.265. The number of carbonyl (C=O) groups excluding carboxylic acids is 3. The smallest absolute Gasteiger partial charge is 0.292 e. The average Bonchev–Trinajstić information content (AvgIpc) is 2.96. The summed E-state index contributed by atoms with van der Waals surface area (Å²) in [7, 11) is 0. The van der Waals surface area contributed by atoms with Gasteiger partial charge in [-0.3, -0.25) is 19.3 Å². The number of Topliss-reactive ketones (excluding diaryl/α,β-unsaturated/α-hetero) is 1. The van der Waals surface area contributed by atoms with Crippen LogP contribution in [0.4, 0.5) is 4.79 Å². The molecule has 1 aliphatic heterocycles. The number of halogens is 1. The number of rotatable bonds is 4. The van der Waals surface area contributed by atoms with Crippen molar-refractivity contribution in [2.24, 2.45) is 0 Å². The maximum atomic E-state index is 12.7. The van der Waals surface area contributed by atoms with E-state index >= 15 is 0 Å². The molecular formula is C22H14BrNO3S. The molecule has 4 rings (SSSR count). The molecule has 0 spiro atoms. The number of imide groups is 1. The lowest BCUT2D eigenvalue weighted by atomic mass is 10.0. The molecule has 0 atom stereocenters. The van der Waals surface area contributed by atoms with E-state index in [1.807, 2.05) is 42.5 Å². The maximum Gasteiger partial charge on any atom is 0.293 e. The fourth-order valence-corrected chi connectivity index (χ4v) is 4.12. The number of ketones is 1. The zero-order valence-electron chi connectivity index (χ0n) is 14.6. The van der Waals surface area contributed by atoms with E-state index in [1.165, 1.54) is 0 Å². The molecular weight excluding hydrogens is 438 g/mol. The first-order chi connectivity index (χ1) is 13.5. The minimum atomic E-state index is -0.437. The van der Waals surface area contributed by atoms with Crippen LogP contribution in [0.2, 0.25) is 0 Å². The molecule has 3 aromatic carbocycles. The van der Waals surface area contributed by atoms with Gasteiger partial charge in [-0.15, -0.1) is 0 Å². The van der Waals surface area contributed by atoms with Crippen molar-refractivity contribution in [1.29, 1.82) is 0 Å². The third-order valence-corrected chi connectivity index (χ3v) is 5.89. The molecule has 4 nitrogen and oxygen atoms in total. The molecule has 0 radical (unpaired) electrons.